The molecular formula is C24H31F2N5O. The summed E-state index contributed by atoms with van der Waals surface area (Å²) >= 11 is 0. The van der Waals surface area contributed by atoms with Crippen LogP contribution in [0.1, 0.15) is 49.6 Å². The molecular weight excluding hydrogens is 412 g/mol. The summed E-state index contributed by atoms with van der Waals surface area (Å²) in [4.78, 5) is 13.4. The van der Waals surface area contributed by atoms with E-state index in [0.717, 1.165) is 54.5 Å². The number of rotatable bonds is 7. The van der Waals surface area contributed by atoms with Gasteiger partial charge in [0, 0.05) is 55.9 Å². The second-order valence-electron chi connectivity index (χ2n) is 8.77. The topological polar surface area (TPSA) is 53.5 Å². The van der Waals surface area contributed by atoms with Crippen molar-refractivity contribution in [3.63, 3.8) is 0 Å². The van der Waals surface area contributed by atoms with Crippen LogP contribution in [-0.2, 0) is 11.3 Å². The van der Waals surface area contributed by atoms with Gasteiger partial charge in [0.05, 0.1) is 18.4 Å². The molecule has 2 aliphatic rings. The lowest BCUT2D eigenvalue weighted by molar-refractivity contribution is 0.0787. The van der Waals surface area contributed by atoms with Crippen molar-refractivity contribution in [2.24, 2.45) is 0 Å². The minimum Gasteiger partial charge on any atom is -0.371 e. The zero-order valence-corrected chi connectivity index (χ0v) is 18.9. The van der Waals surface area contributed by atoms with Crippen molar-refractivity contribution in [1.29, 1.82) is 0 Å². The molecule has 32 heavy (non-hydrogen) atoms. The van der Waals surface area contributed by atoms with E-state index in [0.29, 0.717) is 13.2 Å². The molecule has 6 nitrogen and oxygen atoms in total. The smallest absolute Gasteiger partial charge is 0.159 e. The van der Waals surface area contributed by atoms with E-state index < -0.39 is 11.6 Å². The summed E-state index contributed by atoms with van der Waals surface area (Å²) in [6, 6.07) is 4.40. The molecule has 1 aromatic carbocycles. The van der Waals surface area contributed by atoms with Gasteiger partial charge in [-0.2, -0.15) is 0 Å². The van der Waals surface area contributed by atoms with E-state index >= 15 is 0 Å². The van der Waals surface area contributed by atoms with E-state index in [9.17, 15) is 8.78 Å². The molecule has 0 amide bonds. The van der Waals surface area contributed by atoms with Crippen molar-refractivity contribution in [2.45, 2.75) is 45.4 Å². The maximum absolute atomic E-state index is 14.0. The monoisotopic (exact) mass is 443 g/mol. The fraction of sp³-hybridized carbons (Fsp3) is 0.500. The highest BCUT2D eigenvalue weighted by atomic mass is 19.2. The highest BCUT2D eigenvalue weighted by Gasteiger charge is 2.30. The number of hydrogen-bond acceptors (Lipinski definition) is 6. The zero-order chi connectivity index (χ0) is 22.8. The number of piperazine rings is 1. The van der Waals surface area contributed by atoms with Gasteiger partial charge in [0.15, 0.2) is 11.6 Å². The molecule has 2 atom stereocenters. The molecule has 0 bridgehead atoms. The largest absolute Gasteiger partial charge is 0.371 e. The van der Waals surface area contributed by atoms with Crippen LogP contribution < -0.4 is 10.2 Å². The summed E-state index contributed by atoms with van der Waals surface area (Å²) in [7, 11) is 0. The first-order chi connectivity index (χ1) is 15.3. The molecule has 1 aromatic heterocycles. The lowest BCUT2D eigenvalue weighted by Gasteiger charge is -2.40. The van der Waals surface area contributed by atoms with E-state index in [2.05, 4.69) is 45.5 Å². The Balaban J connectivity index is 1.48. The number of halogens is 2. The second-order valence-corrected chi connectivity index (χ2v) is 8.77. The summed E-state index contributed by atoms with van der Waals surface area (Å²) in [5, 5.41) is 3.42. The van der Waals surface area contributed by atoms with Crippen LogP contribution in [0.5, 0.6) is 0 Å². The lowest BCUT2D eigenvalue weighted by Crippen LogP contribution is -2.47. The number of anilines is 1. The molecule has 1 fully saturated rings. The summed E-state index contributed by atoms with van der Waals surface area (Å²) in [6.07, 6.45) is 1.60. The molecule has 2 aliphatic heterocycles. The Kier molecular flexibility index (Phi) is 6.71. The molecule has 1 N–H and O–H groups in total. The Morgan fingerprint density at radius 3 is 2.62 bits per heavy atom. The van der Waals surface area contributed by atoms with Gasteiger partial charge >= 0.3 is 0 Å². The van der Waals surface area contributed by atoms with Crippen molar-refractivity contribution >= 4 is 5.82 Å². The molecule has 0 saturated carbocycles. The number of nitrogens with one attached hydrogen (secondary N) is 1. The van der Waals surface area contributed by atoms with Crippen molar-refractivity contribution < 1.29 is 13.5 Å². The first kappa shape index (κ1) is 22.6. The molecule has 2 aromatic rings. The summed E-state index contributed by atoms with van der Waals surface area (Å²) in [5.41, 5.74) is 3.69. The molecule has 1 unspecified atom stereocenters. The fourth-order valence-corrected chi connectivity index (χ4v) is 4.43. The van der Waals surface area contributed by atoms with E-state index in [1.807, 2.05) is 6.92 Å². The van der Waals surface area contributed by atoms with Gasteiger partial charge in [0.1, 0.15) is 12.1 Å². The standard InChI is InChI=1S/C24H31F2N5O/c1-15(2)27-12-19(18-5-6-20(25)21(26)11-18)16(3)30-7-9-31(10-8-30)24-23-17(4)32-13-22(23)28-14-29-24/h5-6,11,14-15,17,19,27H,3,7-10,12-13H2,1-2,4H3/t17-,19?/m0/s1. The average molecular weight is 444 g/mol. The van der Waals surface area contributed by atoms with Crippen LogP contribution in [0.3, 0.4) is 0 Å². The molecule has 0 radical (unpaired) electrons. The Labute approximate surface area is 188 Å². The van der Waals surface area contributed by atoms with Gasteiger partial charge < -0.3 is 19.9 Å². The molecule has 8 heteroatoms. The molecule has 3 heterocycles. The van der Waals surface area contributed by atoms with Crippen LogP contribution >= 0.6 is 0 Å². The first-order valence-corrected chi connectivity index (χ1v) is 11.2. The van der Waals surface area contributed by atoms with Crippen LogP contribution in [-0.4, -0.2) is 53.6 Å². The van der Waals surface area contributed by atoms with Crippen molar-refractivity contribution in [1.82, 2.24) is 20.2 Å². The van der Waals surface area contributed by atoms with Gasteiger partial charge in [-0.15, -0.1) is 0 Å². The van der Waals surface area contributed by atoms with Crippen LogP contribution in [0.15, 0.2) is 36.8 Å². The van der Waals surface area contributed by atoms with Gasteiger partial charge in [-0.3, -0.25) is 0 Å². The number of aromatic nitrogens is 2. The maximum Gasteiger partial charge on any atom is 0.159 e. The van der Waals surface area contributed by atoms with Crippen molar-refractivity contribution in [2.75, 3.05) is 37.6 Å². The van der Waals surface area contributed by atoms with Crippen LogP contribution in [0.2, 0.25) is 0 Å². The van der Waals surface area contributed by atoms with E-state index in [1.165, 1.54) is 12.1 Å². The van der Waals surface area contributed by atoms with Crippen molar-refractivity contribution in [3.05, 3.63) is 65.3 Å². The lowest BCUT2D eigenvalue weighted by atomic mass is 9.94. The van der Waals surface area contributed by atoms with Gasteiger partial charge in [-0.05, 0) is 24.6 Å². The SMILES string of the molecule is C=C(C(CNC(C)C)c1ccc(F)c(F)c1)N1CCN(c2ncnc3c2[C@H](C)OC3)CC1. The Morgan fingerprint density at radius 1 is 1.19 bits per heavy atom. The fourth-order valence-electron chi connectivity index (χ4n) is 4.43. The molecule has 1 saturated heterocycles. The predicted octanol–water partition coefficient (Wildman–Crippen LogP) is 3.76. The third-order valence-electron chi connectivity index (χ3n) is 6.29. The first-order valence-electron chi connectivity index (χ1n) is 11.2. The average Bonchev–Trinajstić information content (AvgIpc) is 3.17. The number of hydrogen-bond donors (Lipinski definition) is 1. The van der Waals surface area contributed by atoms with E-state index in [-0.39, 0.29) is 18.1 Å². The third kappa shape index (κ3) is 4.61. The Hall–Kier alpha value is -2.58. The normalized spacial score (nSPS) is 19.4. The zero-order valence-electron chi connectivity index (χ0n) is 18.9. The molecule has 4 rings (SSSR count). The number of ether oxygens (including phenoxy) is 1. The number of benzene rings is 1. The highest BCUT2D eigenvalue weighted by molar-refractivity contribution is 5.51. The minimum absolute atomic E-state index is 0.00550. The predicted molar refractivity (Wildman–Crippen MR) is 120 cm³/mol. The molecule has 0 aliphatic carbocycles. The minimum atomic E-state index is -0.834. The van der Waals surface area contributed by atoms with Gasteiger partial charge in [0.2, 0.25) is 0 Å². The third-order valence-corrected chi connectivity index (χ3v) is 6.29. The molecule has 0 spiro atoms. The summed E-state index contributed by atoms with van der Waals surface area (Å²) in [6.45, 7) is 14.8. The van der Waals surface area contributed by atoms with Gasteiger partial charge in [0.25, 0.3) is 0 Å². The van der Waals surface area contributed by atoms with E-state index in [4.69, 9.17) is 4.74 Å². The summed E-state index contributed by atoms with van der Waals surface area (Å²) < 4.78 is 33.2. The van der Waals surface area contributed by atoms with Gasteiger partial charge in [-0.25, -0.2) is 18.7 Å². The van der Waals surface area contributed by atoms with Crippen LogP contribution in [0.4, 0.5) is 14.6 Å². The summed E-state index contributed by atoms with van der Waals surface area (Å²) in [5.74, 6) is -0.859. The quantitative estimate of drug-likeness (QED) is 0.703. The maximum atomic E-state index is 14.0. The molecule has 172 valence electrons. The Morgan fingerprint density at radius 2 is 1.94 bits per heavy atom. The number of nitrogens with zero attached hydrogens (tertiary/aromatic N) is 4. The van der Waals surface area contributed by atoms with Crippen molar-refractivity contribution in [3.8, 4) is 0 Å². The highest BCUT2D eigenvalue weighted by Crippen LogP contribution is 2.36. The van der Waals surface area contributed by atoms with Crippen LogP contribution in [0.25, 0.3) is 0 Å². The second kappa shape index (κ2) is 9.50. The van der Waals surface area contributed by atoms with Gasteiger partial charge in [-0.1, -0.05) is 26.5 Å². The Bertz CT molecular complexity index is 975. The van der Waals surface area contributed by atoms with E-state index in [1.54, 1.807) is 12.4 Å². The van der Waals surface area contributed by atoms with Crippen LogP contribution in [0, 0.1) is 11.6 Å². The number of fused-ring (bicyclic) bond motifs is 1.